The first-order chi connectivity index (χ1) is 15.0. The zero-order valence-corrected chi connectivity index (χ0v) is 19.0. The molecule has 0 radical (unpaired) electrons. The summed E-state index contributed by atoms with van der Waals surface area (Å²) >= 11 is 13.9. The number of amides is 1. The van der Waals surface area contributed by atoms with Crippen LogP contribution in [0.15, 0.2) is 53.0 Å². The van der Waals surface area contributed by atoms with E-state index in [-0.39, 0.29) is 12.5 Å². The topological polar surface area (TPSA) is 55.8 Å². The molecule has 1 amide bonds. The fourth-order valence-electron chi connectivity index (χ4n) is 3.58. The lowest BCUT2D eigenvalue weighted by atomic mass is 10.0. The second-order valence-corrected chi connectivity index (χ2v) is 8.85. The van der Waals surface area contributed by atoms with Crippen molar-refractivity contribution in [2.45, 2.75) is 12.8 Å². The van der Waals surface area contributed by atoms with Crippen molar-refractivity contribution in [3.8, 4) is 11.5 Å². The maximum atomic E-state index is 13.4. The van der Waals surface area contributed by atoms with Crippen molar-refractivity contribution >= 4 is 57.7 Å². The number of halogens is 2. The highest BCUT2D eigenvalue weighted by Gasteiger charge is 2.32. The first kappa shape index (κ1) is 21.8. The van der Waals surface area contributed by atoms with Gasteiger partial charge in [0.25, 0.3) is 5.91 Å². The second kappa shape index (κ2) is 9.39. The van der Waals surface area contributed by atoms with Crippen LogP contribution < -0.4 is 14.4 Å². The number of carbonyl (C=O) groups is 2. The van der Waals surface area contributed by atoms with E-state index in [1.54, 1.807) is 35.2 Å². The van der Waals surface area contributed by atoms with Crippen LogP contribution in [0, 0.1) is 0 Å². The molecule has 2 heterocycles. The van der Waals surface area contributed by atoms with Crippen LogP contribution in [0.3, 0.4) is 0 Å². The Morgan fingerprint density at radius 1 is 1.16 bits per heavy atom. The van der Waals surface area contributed by atoms with E-state index >= 15 is 0 Å². The lowest BCUT2D eigenvalue weighted by Gasteiger charge is -2.32. The Kier molecular flexibility index (Phi) is 6.60. The van der Waals surface area contributed by atoms with Crippen molar-refractivity contribution in [3.05, 3.63) is 68.6 Å². The SMILES string of the molecule is COc1cc(N2CCC3=C(SC(c4ccc(Cl)cc4Cl)=CC3)C2=O)ccc1OCC=O. The van der Waals surface area contributed by atoms with E-state index in [0.29, 0.717) is 40.1 Å². The van der Waals surface area contributed by atoms with Gasteiger partial charge in [0.2, 0.25) is 0 Å². The highest BCUT2D eigenvalue weighted by molar-refractivity contribution is 8.12. The fraction of sp³-hybridized carbons (Fsp3) is 0.217. The molecular formula is C23H19Cl2NO4S. The molecule has 0 fully saturated rings. The molecule has 0 atom stereocenters. The third kappa shape index (κ3) is 4.47. The van der Waals surface area contributed by atoms with Crippen LogP contribution in [0.5, 0.6) is 11.5 Å². The lowest BCUT2D eigenvalue weighted by molar-refractivity contribution is -0.114. The van der Waals surface area contributed by atoms with Crippen LogP contribution in [0.1, 0.15) is 18.4 Å². The molecule has 0 saturated carbocycles. The Morgan fingerprint density at radius 2 is 2.00 bits per heavy atom. The van der Waals surface area contributed by atoms with Crippen molar-refractivity contribution in [1.29, 1.82) is 0 Å². The predicted octanol–water partition coefficient (Wildman–Crippen LogP) is 5.75. The van der Waals surface area contributed by atoms with E-state index in [4.69, 9.17) is 32.7 Å². The molecule has 2 aliphatic heterocycles. The minimum Gasteiger partial charge on any atom is -0.493 e. The number of hydrogen-bond acceptors (Lipinski definition) is 5. The van der Waals surface area contributed by atoms with Gasteiger partial charge in [-0.2, -0.15) is 0 Å². The largest absolute Gasteiger partial charge is 0.493 e. The zero-order valence-electron chi connectivity index (χ0n) is 16.7. The van der Waals surface area contributed by atoms with Gasteiger partial charge in [-0.1, -0.05) is 47.1 Å². The smallest absolute Gasteiger partial charge is 0.265 e. The van der Waals surface area contributed by atoms with Gasteiger partial charge in [-0.25, -0.2) is 0 Å². The molecule has 31 heavy (non-hydrogen) atoms. The number of anilines is 1. The van der Waals surface area contributed by atoms with Gasteiger partial charge in [-0.05, 0) is 42.7 Å². The molecule has 0 saturated heterocycles. The molecule has 0 spiro atoms. The van der Waals surface area contributed by atoms with Gasteiger partial charge in [-0.3, -0.25) is 9.59 Å². The Bertz CT molecular complexity index is 1110. The number of carbonyl (C=O) groups excluding carboxylic acids is 2. The Balaban J connectivity index is 1.58. The molecule has 4 rings (SSSR count). The van der Waals surface area contributed by atoms with E-state index in [0.717, 1.165) is 33.8 Å². The lowest BCUT2D eigenvalue weighted by Crippen LogP contribution is -2.37. The maximum absolute atomic E-state index is 13.4. The Hall–Kier alpha value is -2.41. The van der Waals surface area contributed by atoms with Crippen molar-refractivity contribution in [1.82, 2.24) is 0 Å². The highest BCUT2D eigenvalue weighted by Crippen LogP contribution is 2.46. The first-order valence-electron chi connectivity index (χ1n) is 9.63. The molecule has 0 unspecified atom stereocenters. The van der Waals surface area contributed by atoms with Crippen LogP contribution in [0.2, 0.25) is 10.0 Å². The third-order valence-corrected chi connectivity index (χ3v) is 6.93. The molecule has 2 aromatic carbocycles. The summed E-state index contributed by atoms with van der Waals surface area (Å²) < 4.78 is 10.8. The number of aldehydes is 1. The predicted molar refractivity (Wildman–Crippen MR) is 125 cm³/mol. The number of allylic oxidation sites excluding steroid dienone is 1. The highest BCUT2D eigenvalue weighted by atomic mass is 35.5. The van der Waals surface area contributed by atoms with Gasteiger partial charge in [0.1, 0.15) is 6.61 Å². The summed E-state index contributed by atoms with van der Waals surface area (Å²) in [7, 11) is 1.52. The first-order valence-corrected chi connectivity index (χ1v) is 11.2. The van der Waals surface area contributed by atoms with Crippen molar-refractivity contribution in [2.24, 2.45) is 0 Å². The molecule has 0 bridgehead atoms. The summed E-state index contributed by atoms with van der Waals surface area (Å²) in [5.41, 5.74) is 2.72. The molecule has 2 aromatic rings. The molecule has 5 nitrogen and oxygen atoms in total. The monoisotopic (exact) mass is 475 g/mol. The normalized spacial score (nSPS) is 16.0. The average Bonchev–Trinajstić information content (AvgIpc) is 2.78. The molecule has 0 N–H and O–H groups in total. The van der Waals surface area contributed by atoms with E-state index in [9.17, 15) is 9.59 Å². The summed E-state index contributed by atoms with van der Waals surface area (Å²) in [6.45, 7) is 0.522. The van der Waals surface area contributed by atoms with Gasteiger partial charge >= 0.3 is 0 Å². The number of hydrogen-bond donors (Lipinski definition) is 0. The molecule has 160 valence electrons. The number of ether oxygens (including phenoxy) is 2. The number of nitrogens with zero attached hydrogens (tertiary/aromatic N) is 1. The standard InChI is InChI=1S/C23H19Cl2NO4S/c1-29-20-13-16(4-6-19(20)30-11-10-27)26-9-8-14-2-7-21(31-22(14)23(26)28)17-5-3-15(24)12-18(17)25/h3-7,10,12-13H,2,8-9,11H2,1H3. The minimum absolute atomic E-state index is 0.0504. The minimum atomic E-state index is -0.0619. The summed E-state index contributed by atoms with van der Waals surface area (Å²) in [6.07, 6.45) is 4.30. The van der Waals surface area contributed by atoms with Crippen LogP contribution >= 0.6 is 35.0 Å². The zero-order chi connectivity index (χ0) is 22.0. The summed E-state index contributed by atoms with van der Waals surface area (Å²) in [4.78, 5) is 27.4. The van der Waals surface area contributed by atoms with Gasteiger partial charge in [-0.15, -0.1) is 0 Å². The maximum Gasteiger partial charge on any atom is 0.265 e. The van der Waals surface area contributed by atoms with E-state index < -0.39 is 0 Å². The summed E-state index contributed by atoms with van der Waals surface area (Å²) in [5.74, 6) is 0.875. The second-order valence-electron chi connectivity index (χ2n) is 6.95. The van der Waals surface area contributed by atoms with Gasteiger partial charge < -0.3 is 14.4 Å². The number of benzene rings is 2. The van der Waals surface area contributed by atoms with Gasteiger partial charge in [0.15, 0.2) is 17.8 Å². The number of thioether (sulfide) groups is 1. The quantitative estimate of drug-likeness (QED) is 0.497. The Labute approximate surface area is 194 Å². The molecule has 0 aromatic heterocycles. The van der Waals surface area contributed by atoms with Crippen LogP contribution in [-0.4, -0.2) is 32.5 Å². The van der Waals surface area contributed by atoms with Gasteiger partial charge in [0.05, 0.1) is 17.0 Å². The van der Waals surface area contributed by atoms with Crippen LogP contribution in [0.25, 0.3) is 4.91 Å². The van der Waals surface area contributed by atoms with Crippen molar-refractivity contribution in [3.63, 3.8) is 0 Å². The van der Waals surface area contributed by atoms with Gasteiger partial charge in [0, 0.05) is 33.8 Å². The van der Waals surface area contributed by atoms with E-state index in [1.807, 2.05) is 6.07 Å². The fourth-order valence-corrected chi connectivity index (χ4v) is 5.35. The van der Waals surface area contributed by atoms with Crippen LogP contribution in [-0.2, 0) is 9.59 Å². The Morgan fingerprint density at radius 3 is 2.74 bits per heavy atom. The number of methoxy groups -OCH3 is 1. The molecule has 0 aliphatic carbocycles. The van der Waals surface area contributed by atoms with Crippen molar-refractivity contribution in [2.75, 3.05) is 25.2 Å². The summed E-state index contributed by atoms with van der Waals surface area (Å²) in [5, 5.41) is 1.13. The summed E-state index contributed by atoms with van der Waals surface area (Å²) in [6, 6.07) is 10.6. The molecule has 2 aliphatic rings. The van der Waals surface area contributed by atoms with E-state index in [1.165, 1.54) is 18.9 Å². The van der Waals surface area contributed by atoms with Crippen LogP contribution in [0.4, 0.5) is 5.69 Å². The van der Waals surface area contributed by atoms with E-state index in [2.05, 4.69) is 6.08 Å². The third-order valence-electron chi connectivity index (χ3n) is 5.11. The van der Waals surface area contributed by atoms with Crippen molar-refractivity contribution < 1.29 is 19.1 Å². The molecule has 8 heteroatoms. The number of rotatable bonds is 6. The average molecular weight is 476 g/mol. The molecular weight excluding hydrogens is 457 g/mol.